The number of allylic oxidation sites excluding steroid dienone is 1. The van der Waals surface area contributed by atoms with E-state index in [4.69, 9.17) is 16.9 Å². The van der Waals surface area contributed by atoms with E-state index in [0.29, 0.717) is 11.5 Å². The minimum atomic E-state index is -0.731. The lowest BCUT2D eigenvalue weighted by molar-refractivity contribution is 0.171. The molecule has 1 nitrogen and oxygen atoms in total. The molecule has 134 valence electrons. The van der Waals surface area contributed by atoms with Gasteiger partial charge in [-0.25, -0.2) is 8.78 Å². The Labute approximate surface area is 153 Å². The number of nitrogens with zero attached hydrogens (tertiary/aromatic N) is 1. The van der Waals surface area contributed by atoms with E-state index in [-0.39, 0.29) is 5.92 Å². The molecule has 1 aromatic rings. The lowest BCUT2D eigenvalue weighted by Gasteiger charge is -2.37. The van der Waals surface area contributed by atoms with Crippen LogP contribution in [0.4, 0.5) is 8.78 Å². The molecule has 0 N–H and O–H groups in total. The molecule has 0 aliphatic heterocycles. The SMILES string of the molecule is N#Cc1c(F)cc(C2CCC(C3CCC(/C=C/Cl)CC3)CC2)cc1F. The molecule has 1 aromatic carbocycles. The molecule has 0 radical (unpaired) electrons. The molecular formula is C21H24ClF2N. The fourth-order valence-corrected chi connectivity index (χ4v) is 4.98. The highest BCUT2D eigenvalue weighted by Gasteiger charge is 2.31. The topological polar surface area (TPSA) is 23.8 Å². The minimum Gasteiger partial charge on any atom is -0.205 e. The van der Waals surface area contributed by atoms with Gasteiger partial charge in [0.15, 0.2) is 0 Å². The Balaban J connectivity index is 1.57. The normalized spacial score (nSPS) is 30.3. The van der Waals surface area contributed by atoms with Gasteiger partial charge in [0.1, 0.15) is 23.3 Å². The minimum absolute atomic E-state index is 0.212. The summed E-state index contributed by atoms with van der Waals surface area (Å²) >= 11 is 5.68. The van der Waals surface area contributed by atoms with Crippen molar-refractivity contribution >= 4 is 11.6 Å². The van der Waals surface area contributed by atoms with Crippen LogP contribution in [0.3, 0.4) is 0 Å². The van der Waals surface area contributed by atoms with E-state index in [1.807, 2.05) is 0 Å². The van der Waals surface area contributed by atoms with Gasteiger partial charge in [0.2, 0.25) is 0 Å². The van der Waals surface area contributed by atoms with Crippen LogP contribution in [0.1, 0.15) is 68.4 Å². The first-order valence-corrected chi connectivity index (χ1v) is 9.72. The van der Waals surface area contributed by atoms with Gasteiger partial charge in [-0.1, -0.05) is 17.7 Å². The number of rotatable bonds is 3. The molecule has 0 heterocycles. The molecule has 2 fully saturated rings. The van der Waals surface area contributed by atoms with Crippen LogP contribution in [-0.4, -0.2) is 0 Å². The van der Waals surface area contributed by atoms with Crippen LogP contribution >= 0.6 is 11.6 Å². The smallest absolute Gasteiger partial charge is 0.144 e. The Hall–Kier alpha value is -1.40. The molecule has 0 spiro atoms. The van der Waals surface area contributed by atoms with Gasteiger partial charge >= 0.3 is 0 Å². The monoisotopic (exact) mass is 363 g/mol. The Morgan fingerprint density at radius 3 is 1.92 bits per heavy atom. The van der Waals surface area contributed by atoms with E-state index in [0.717, 1.165) is 37.5 Å². The van der Waals surface area contributed by atoms with Crippen molar-refractivity contribution in [1.82, 2.24) is 0 Å². The summed E-state index contributed by atoms with van der Waals surface area (Å²) in [7, 11) is 0. The lowest BCUT2D eigenvalue weighted by atomic mass is 9.68. The number of nitriles is 1. The molecule has 2 aliphatic carbocycles. The van der Waals surface area contributed by atoms with Crippen molar-refractivity contribution in [2.45, 2.75) is 57.3 Å². The van der Waals surface area contributed by atoms with Crippen molar-refractivity contribution in [2.24, 2.45) is 17.8 Å². The maximum atomic E-state index is 13.9. The predicted octanol–water partition coefficient (Wildman–Crippen LogP) is 6.67. The fourth-order valence-electron chi connectivity index (χ4n) is 4.77. The predicted molar refractivity (Wildman–Crippen MR) is 96.2 cm³/mol. The van der Waals surface area contributed by atoms with Crippen molar-refractivity contribution in [3.8, 4) is 6.07 Å². The van der Waals surface area contributed by atoms with Gasteiger partial charge in [-0.05, 0) is 92.7 Å². The summed E-state index contributed by atoms with van der Waals surface area (Å²) in [6, 6.07) is 4.31. The van der Waals surface area contributed by atoms with E-state index in [1.165, 1.54) is 37.8 Å². The first-order chi connectivity index (χ1) is 12.1. The summed E-state index contributed by atoms with van der Waals surface area (Å²) in [6.07, 6.45) is 11.3. The second kappa shape index (κ2) is 8.32. The Bertz CT molecular complexity index is 640. The zero-order valence-corrected chi connectivity index (χ0v) is 15.1. The zero-order chi connectivity index (χ0) is 17.8. The Morgan fingerprint density at radius 1 is 0.920 bits per heavy atom. The molecule has 2 saturated carbocycles. The Morgan fingerprint density at radius 2 is 1.44 bits per heavy atom. The first kappa shape index (κ1) is 18.4. The van der Waals surface area contributed by atoms with Crippen LogP contribution in [-0.2, 0) is 0 Å². The largest absolute Gasteiger partial charge is 0.205 e. The quantitative estimate of drug-likeness (QED) is 0.588. The zero-order valence-electron chi connectivity index (χ0n) is 14.4. The van der Waals surface area contributed by atoms with Gasteiger partial charge in [0, 0.05) is 5.54 Å². The summed E-state index contributed by atoms with van der Waals surface area (Å²) in [6.45, 7) is 0. The van der Waals surface area contributed by atoms with Crippen LogP contribution in [0.5, 0.6) is 0 Å². The Kier molecular flexibility index (Phi) is 6.12. The molecule has 0 unspecified atom stereocenters. The van der Waals surface area contributed by atoms with E-state index in [9.17, 15) is 8.78 Å². The van der Waals surface area contributed by atoms with Crippen LogP contribution in [0.25, 0.3) is 0 Å². The molecule has 0 aromatic heterocycles. The molecule has 0 saturated heterocycles. The average Bonchev–Trinajstić information content (AvgIpc) is 2.62. The number of hydrogen-bond acceptors (Lipinski definition) is 1. The van der Waals surface area contributed by atoms with Gasteiger partial charge in [0.05, 0.1) is 0 Å². The standard InChI is InChI=1S/C21H24ClF2N/c22-10-9-14-1-3-15(4-2-14)16-5-7-17(8-6-16)18-11-20(23)19(13-25)21(24)12-18/h9-12,14-17H,1-8H2/b10-9+. The van der Waals surface area contributed by atoms with Gasteiger partial charge in [-0.15, -0.1) is 0 Å². The van der Waals surface area contributed by atoms with E-state index in [1.54, 1.807) is 11.6 Å². The van der Waals surface area contributed by atoms with Gasteiger partial charge in [0.25, 0.3) is 0 Å². The highest BCUT2D eigenvalue weighted by atomic mass is 35.5. The summed E-state index contributed by atoms with van der Waals surface area (Å²) in [4.78, 5) is 0. The number of benzene rings is 1. The van der Waals surface area contributed by atoms with Crippen LogP contribution in [0.15, 0.2) is 23.7 Å². The second-order valence-corrected chi connectivity index (χ2v) is 7.83. The molecule has 0 atom stereocenters. The molecule has 2 aliphatic rings. The lowest BCUT2D eigenvalue weighted by Crippen LogP contribution is -2.25. The summed E-state index contributed by atoms with van der Waals surface area (Å²) in [5, 5.41) is 8.79. The molecule has 3 rings (SSSR count). The number of hydrogen-bond donors (Lipinski definition) is 0. The third-order valence-corrected chi connectivity index (χ3v) is 6.39. The summed E-state index contributed by atoms with van der Waals surface area (Å²) in [5.74, 6) is 0.911. The second-order valence-electron chi connectivity index (χ2n) is 7.58. The van der Waals surface area contributed by atoms with Crippen LogP contribution < -0.4 is 0 Å². The molecular weight excluding hydrogens is 340 g/mol. The van der Waals surface area contributed by atoms with E-state index >= 15 is 0 Å². The van der Waals surface area contributed by atoms with Crippen molar-refractivity contribution in [2.75, 3.05) is 0 Å². The maximum Gasteiger partial charge on any atom is 0.144 e. The van der Waals surface area contributed by atoms with Crippen molar-refractivity contribution in [3.05, 3.63) is 46.5 Å². The average molecular weight is 364 g/mol. The first-order valence-electron chi connectivity index (χ1n) is 9.28. The van der Waals surface area contributed by atoms with Crippen molar-refractivity contribution in [1.29, 1.82) is 5.26 Å². The third-order valence-electron chi connectivity index (χ3n) is 6.25. The van der Waals surface area contributed by atoms with Crippen LogP contribution in [0, 0.1) is 40.7 Å². The van der Waals surface area contributed by atoms with Gasteiger partial charge in [-0.2, -0.15) is 5.26 Å². The van der Waals surface area contributed by atoms with Gasteiger partial charge in [-0.3, -0.25) is 0 Å². The molecule has 4 heteroatoms. The highest BCUT2D eigenvalue weighted by molar-refractivity contribution is 6.25. The third kappa shape index (κ3) is 4.23. The number of halogens is 3. The van der Waals surface area contributed by atoms with E-state index < -0.39 is 17.2 Å². The van der Waals surface area contributed by atoms with Crippen molar-refractivity contribution < 1.29 is 8.78 Å². The molecule has 25 heavy (non-hydrogen) atoms. The fraction of sp³-hybridized carbons (Fsp3) is 0.571. The summed E-state index contributed by atoms with van der Waals surface area (Å²) < 4.78 is 27.7. The highest BCUT2D eigenvalue weighted by Crippen LogP contribution is 2.44. The maximum absolute atomic E-state index is 13.9. The molecule has 0 bridgehead atoms. The summed E-state index contributed by atoms with van der Waals surface area (Å²) in [5.41, 5.74) is 1.88. The van der Waals surface area contributed by atoms with Crippen molar-refractivity contribution in [3.63, 3.8) is 0 Å². The van der Waals surface area contributed by atoms with E-state index in [2.05, 4.69) is 6.08 Å². The van der Waals surface area contributed by atoms with Crippen LogP contribution in [0.2, 0.25) is 0 Å². The van der Waals surface area contributed by atoms with Gasteiger partial charge < -0.3 is 0 Å². The molecule has 0 amide bonds.